The van der Waals surface area contributed by atoms with Crippen molar-refractivity contribution in [1.29, 1.82) is 0 Å². The third-order valence-electron chi connectivity index (χ3n) is 5.18. The summed E-state index contributed by atoms with van der Waals surface area (Å²) >= 11 is 0. The molecule has 1 aliphatic carbocycles. The summed E-state index contributed by atoms with van der Waals surface area (Å²) in [4.78, 5) is 2.67. The smallest absolute Gasteiger partial charge is 0.0237 e. The standard InChI is InChI=1S/C18H28N2/c1-15-12-19-18(17-10-6-3-7-11-17)14-20(15)13-16-8-4-2-5-9-16/h2,4-5,8-9,15,17-19H,3,6-7,10-14H2,1H3. The van der Waals surface area contributed by atoms with Gasteiger partial charge in [-0.05, 0) is 31.2 Å². The van der Waals surface area contributed by atoms with Crippen LogP contribution in [0.5, 0.6) is 0 Å². The van der Waals surface area contributed by atoms with E-state index in [1.165, 1.54) is 44.2 Å². The minimum absolute atomic E-state index is 0.648. The van der Waals surface area contributed by atoms with Crippen LogP contribution >= 0.6 is 0 Å². The average Bonchev–Trinajstić information content (AvgIpc) is 2.51. The Hall–Kier alpha value is -0.860. The molecule has 2 unspecified atom stereocenters. The second kappa shape index (κ2) is 6.73. The summed E-state index contributed by atoms with van der Waals surface area (Å²) in [5.74, 6) is 0.912. The van der Waals surface area contributed by atoms with Gasteiger partial charge in [-0.25, -0.2) is 0 Å². The lowest BCUT2D eigenvalue weighted by Gasteiger charge is -2.43. The Morgan fingerprint density at radius 3 is 2.60 bits per heavy atom. The van der Waals surface area contributed by atoms with Crippen LogP contribution in [0, 0.1) is 5.92 Å². The molecule has 2 heteroatoms. The number of piperazine rings is 1. The predicted molar refractivity (Wildman–Crippen MR) is 84.7 cm³/mol. The summed E-state index contributed by atoms with van der Waals surface area (Å²) in [6.45, 7) is 5.83. The van der Waals surface area contributed by atoms with E-state index in [-0.39, 0.29) is 0 Å². The quantitative estimate of drug-likeness (QED) is 0.907. The van der Waals surface area contributed by atoms with Crippen molar-refractivity contribution in [3.8, 4) is 0 Å². The van der Waals surface area contributed by atoms with Crippen molar-refractivity contribution in [3.63, 3.8) is 0 Å². The summed E-state index contributed by atoms with van der Waals surface area (Å²) in [5, 5.41) is 3.81. The summed E-state index contributed by atoms with van der Waals surface area (Å²) in [6.07, 6.45) is 7.21. The first kappa shape index (κ1) is 14.1. The Morgan fingerprint density at radius 2 is 1.85 bits per heavy atom. The van der Waals surface area contributed by atoms with Crippen LogP contribution in [0.15, 0.2) is 30.3 Å². The summed E-state index contributed by atoms with van der Waals surface area (Å²) in [7, 11) is 0. The topological polar surface area (TPSA) is 15.3 Å². The molecule has 0 radical (unpaired) electrons. The van der Waals surface area contributed by atoms with Gasteiger partial charge in [0.15, 0.2) is 0 Å². The Bertz CT molecular complexity index is 397. The summed E-state index contributed by atoms with van der Waals surface area (Å²) in [6, 6.07) is 12.3. The molecular formula is C18H28N2. The molecule has 1 saturated carbocycles. The van der Waals surface area contributed by atoms with Crippen molar-refractivity contribution in [2.24, 2.45) is 5.92 Å². The number of nitrogens with zero attached hydrogens (tertiary/aromatic N) is 1. The van der Waals surface area contributed by atoms with Crippen molar-refractivity contribution in [2.45, 2.75) is 57.7 Å². The van der Waals surface area contributed by atoms with Gasteiger partial charge in [-0.3, -0.25) is 4.90 Å². The van der Waals surface area contributed by atoms with E-state index in [1.807, 2.05) is 0 Å². The van der Waals surface area contributed by atoms with Crippen LogP contribution in [0.3, 0.4) is 0 Å². The molecule has 1 saturated heterocycles. The van der Waals surface area contributed by atoms with E-state index in [4.69, 9.17) is 0 Å². The van der Waals surface area contributed by atoms with Gasteiger partial charge in [-0.2, -0.15) is 0 Å². The number of nitrogens with one attached hydrogen (secondary N) is 1. The molecule has 1 aliphatic heterocycles. The van der Waals surface area contributed by atoms with Gasteiger partial charge < -0.3 is 5.32 Å². The van der Waals surface area contributed by atoms with E-state index in [0.717, 1.165) is 25.0 Å². The maximum Gasteiger partial charge on any atom is 0.0237 e. The molecule has 1 aromatic carbocycles. The fraction of sp³-hybridized carbons (Fsp3) is 0.667. The minimum atomic E-state index is 0.648. The van der Waals surface area contributed by atoms with Crippen LogP contribution in [-0.2, 0) is 6.54 Å². The Balaban J connectivity index is 1.61. The molecule has 1 N–H and O–H groups in total. The van der Waals surface area contributed by atoms with E-state index >= 15 is 0 Å². The van der Waals surface area contributed by atoms with Gasteiger partial charge in [-0.1, -0.05) is 49.6 Å². The lowest BCUT2D eigenvalue weighted by atomic mass is 9.82. The second-order valence-corrected chi connectivity index (χ2v) is 6.68. The molecule has 3 rings (SSSR count). The molecule has 2 aliphatic rings. The SMILES string of the molecule is CC1CNC(C2CCCCC2)CN1Cc1ccccc1. The first-order valence-corrected chi connectivity index (χ1v) is 8.34. The molecule has 2 atom stereocenters. The zero-order valence-corrected chi connectivity index (χ0v) is 12.7. The van der Waals surface area contributed by atoms with Crippen LogP contribution in [0.1, 0.15) is 44.6 Å². The van der Waals surface area contributed by atoms with Gasteiger partial charge in [0.05, 0.1) is 0 Å². The Kier molecular flexibility index (Phi) is 4.74. The Morgan fingerprint density at radius 1 is 1.10 bits per heavy atom. The molecular weight excluding hydrogens is 244 g/mol. The Labute approximate surface area is 123 Å². The van der Waals surface area contributed by atoms with E-state index in [9.17, 15) is 0 Å². The van der Waals surface area contributed by atoms with Gasteiger partial charge in [-0.15, -0.1) is 0 Å². The first-order valence-electron chi connectivity index (χ1n) is 8.34. The maximum absolute atomic E-state index is 3.81. The maximum atomic E-state index is 3.81. The number of benzene rings is 1. The molecule has 1 heterocycles. The summed E-state index contributed by atoms with van der Waals surface area (Å²) < 4.78 is 0. The van der Waals surface area contributed by atoms with Crippen LogP contribution in [0.25, 0.3) is 0 Å². The predicted octanol–water partition coefficient (Wildman–Crippen LogP) is 3.43. The zero-order chi connectivity index (χ0) is 13.8. The molecule has 1 aromatic rings. The lowest BCUT2D eigenvalue weighted by molar-refractivity contribution is 0.0981. The highest BCUT2D eigenvalue weighted by Crippen LogP contribution is 2.28. The third-order valence-corrected chi connectivity index (χ3v) is 5.18. The van der Waals surface area contributed by atoms with E-state index in [0.29, 0.717) is 6.04 Å². The highest BCUT2D eigenvalue weighted by Gasteiger charge is 2.30. The highest BCUT2D eigenvalue weighted by atomic mass is 15.2. The molecule has 2 fully saturated rings. The van der Waals surface area contributed by atoms with Crippen LogP contribution in [-0.4, -0.2) is 30.1 Å². The van der Waals surface area contributed by atoms with E-state index < -0.39 is 0 Å². The number of hydrogen-bond acceptors (Lipinski definition) is 2. The molecule has 0 spiro atoms. The minimum Gasteiger partial charge on any atom is -0.311 e. The molecule has 0 amide bonds. The van der Waals surface area contributed by atoms with Crippen molar-refractivity contribution < 1.29 is 0 Å². The lowest BCUT2D eigenvalue weighted by Crippen LogP contribution is -2.57. The van der Waals surface area contributed by atoms with Gasteiger partial charge >= 0.3 is 0 Å². The summed E-state index contributed by atoms with van der Waals surface area (Å²) in [5.41, 5.74) is 1.45. The van der Waals surface area contributed by atoms with Crippen LogP contribution in [0.4, 0.5) is 0 Å². The van der Waals surface area contributed by atoms with Crippen molar-refractivity contribution >= 4 is 0 Å². The normalized spacial score (nSPS) is 29.4. The second-order valence-electron chi connectivity index (χ2n) is 6.68. The van der Waals surface area contributed by atoms with E-state index in [1.54, 1.807) is 0 Å². The molecule has 0 aromatic heterocycles. The van der Waals surface area contributed by atoms with Gasteiger partial charge in [0.1, 0.15) is 0 Å². The van der Waals surface area contributed by atoms with Gasteiger partial charge in [0, 0.05) is 31.7 Å². The first-order chi connectivity index (χ1) is 9.83. The van der Waals surface area contributed by atoms with Gasteiger partial charge in [0.25, 0.3) is 0 Å². The molecule has 0 bridgehead atoms. The average molecular weight is 272 g/mol. The number of rotatable bonds is 3. The van der Waals surface area contributed by atoms with Crippen molar-refractivity contribution in [2.75, 3.05) is 13.1 Å². The van der Waals surface area contributed by atoms with Crippen LogP contribution < -0.4 is 5.32 Å². The van der Waals surface area contributed by atoms with Crippen molar-refractivity contribution in [1.82, 2.24) is 10.2 Å². The molecule has 110 valence electrons. The van der Waals surface area contributed by atoms with Crippen LogP contribution in [0.2, 0.25) is 0 Å². The highest BCUT2D eigenvalue weighted by molar-refractivity contribution is 5.14. The van der Waals surface area contributed by atoms with Crippen molar-refractivity contribution in [3.05, 3.63) is 35.9 Å². The third kappa shape index (κ3) is 3.42. The fourth-order valence-electron chi connectivity index (χ4n) is 3.84. The number of hydrogen-bond donors (Lipinski definition) is 1. The van der Waals surface area contributed by atoms with E-state index in [2.05, 4.69) is 47.5 Å². The van der Waals surface area contributed by atoms with Gasteiger partial charge in [0.2, 0.25) is 0 Å². The fourth-order valence-corrected chi connectivity index (χ4v) is 3.84. The largest absolute Gasteiger partial charge is 0.311 e. The monoisotopic (exact) mass is 272 g/mol. The molecule has 20 heavy (non-hydrogen) atoms. The zero-order valence-electron chi connectivity index (χ0n) is 12.7. The molecule has 2 nitrogen and oxygen atoms in total.